The van der Waals surface area contributed by atoms with Crippen LogP contribution in [0.1, 0.15) is 74.9 Å². The lowest BCUT2D eigenvalue weighted by atomic mass is 9.70. The van der Waals surface area contributed by atoms with Gasteiger partial charge in [-0.3, -0.25) is 0 Å². The molecule has 1 nitrogen and oxygen atoms in total. The summed E-state index contributed by atoms with van der Waals surface area (Å²) in [6.45, 7) is 13.3. The minimum absolute atomic E-state index is 0.0645. The van der Waals surface area contributed by atoms with Crippen molar-refractivity contribution in [3.63, 3.8) is 0 Å². The summed E-state index contributed by atoms with van der Waals surface area (Å²) >= 11 is 3.57. The Labute approximate surface area is 291 Å². The zero-order chi connectivity index (χ0) is 33.6. The van der Waals surface area contributed by atoms with E-state index in [2.05, 4.69) is 155 Å². The van der Waals surface area contributed by atoms with Gasteiger partial charge in [-0.25, -0.2) is 4.39 Å². The summed E-state index contributed by atoms with van der Waals surface area (Å²) in [5.41, 5.74) is 13.1. The summed E-state index contributed by atoms with van der Waals surface area (Å²) in [7, 11) is 0. The average Bonchev–Trinajstić information content (AvgIpc) is 3.54. The van der Waals surface area contributed by atoms with E-state index in [9.17, 15) is 0 Å². The second kappa shape index (κ2) is 10.8. The molecule has 0 aromatic heterocycles. The predicted octanol–water partition coefficient (Wildman–Crippen LogP) is 13.0. The number of benzene rings is 6. The van der Waals surface area contributed by atoms with E-state index in [1.54, 1.807) is 6.07 Å². The van der Waals surface area contributed by atoms with Gasteiger partial charge in [0, 0.05) is 5.56 Å². The van der Waals surface area contributed by atoms with Gasteiger partial charge in [0.05, 0.1) is 9.89 Å². The molecule has 48 heavy (non-hydrogen) atoms. The molecule has 0 aliphatic heterocycles. The number of fused-ring (bicyclic) bond motifs is 10. The minimum atomic E-state index is -0.568. The first-order valence-corrected chi connectivity index (χ1v) is 17.4. The van der Waals surface area contributed by atoms with Gasteiger partial charge in [0.15, 0.2) is 0 Å². The minimum Gasteiger partial charge on any atom is -0.456 e. The number of ether oxygens (including phenoxy) is 1. The Bertz CT molecular complexity index is 2170. The molecule has 0 heterocycles. The molecule has 0 radical (unpaired) electrons. The average molecular weight is 694 g/mol. The van der Waals surface area contributed by atoms with Crippen LogP contribution in [-0.2, 0) is 16.2 Å². The van der Waals surface area contributed by atoms with Crippen molar-refractivity contribution in [3.8, 4) is 44.9 Å². The molecule has 238 valence electrons. The summed E-state index contributed by atoms with van der Waals surface area (Å²) in [5, 5.41) is 0. The third-order valence-electron chi connectivity index (χ3n) is 10.2. The van der Waals surface area contributed by atoms with Crippen LogP contribution in [-0.4, -0.2) is 0 Å². The van der Waals surface area contributed by atoms with Gasteiger partial charge in [0.25, 0.3) is 0 Å². The highest BCUT2D eigenvalue weighted by atomic mass is 79.9. The maximum absolute atomic E-state index is 15.9. The maximum atomic E-state index is 15.9. The number of hydrogen-bond acceptors (Lipinski definition) is 1. The highest BCUT2D eigenvalue weighted by Gasteiger charge is 2.53. The molecule has 0 saturated carbocycles. The van der Waals surface area contributed by atoms with E-state index in [-0.39, 0.29) is 16.6 Å². The zero-order valence-electron chi connectivity index (χ0n) is 28.2. The summed E-state index contributed by atoms with van der Waals surface area (Å²) in [6, 6.07) is 42.7. The van der Waals surface area contributed by atoms with Gasteiger partial charge in [-0.2, -0.15) is 0 Å². The lowest BCUT2D eigenvalue weighted by molar-refractivity contribution is 0.462. The van der Waals surface area contributed by atoms with Crippen LogP contribution in [0.5, 0.6) is 11.5 Å². The van der Waals surface area contributed by atoms with Crippen LogP contribution in [0.25, 0.3) is 33.4 Å². The maximum Gasteiger partial charge on any atom is 0.145 e. The standard InChI is InChI=1S/C45H38BrFO/c1-43(2,3)29-22-27(23-30(26-29)44(4,5)6)28-24-38(47)42(46)40(25-28)48-39-21-13-17-34-33-16-9-12-20-37(33)45(41(34)39)35-18-10-7-14-31(35)32-15-8-11-19-36(32)45/h7-26H,1-6H3. The van der Waals surface area contributed by atoms with Crippen LogP contribution in [0.15, 0.2) is 126 Å². The number of hydrogen-bond donors (Lipinski definition) is 0. The largest absolute Gasteiger partial charge is 0.456 e. The van der Waals surface area contributed by atoms with Crippen molar-refractivity contribution in [1.29, 1.82) is 0 Å². The number of rotatable bonds is 3. The SMILES string of the molecule is CC(C)(C)c1cc(-c2cc(F)c(Br)c(Oc3cccc4c3C3(c5ccccc5-c5ccccc53)c3ccccc3-4)c2)cc(C(C)(C)C)c1. The zero-order valence-corrected chi connectivity index (χ0v) is 29.8. The molecule has 2 aliphatic carbocycles. The molecule has 0 fully saturated rings. The molecule has 6 aromatic rings. The first kappa shape index (κ1) is 30.8. The van der Waals surface area contributed by atoms with Crippen molar-refractivity contribution in [1.82, 2.24) is 0 Å². The molecule has 0 N–H and O–H groups in total. The smallest absolute Gasteiger partial charge is 0.145 e. The molecule has 6 aromatic carbocycles. The van der Waals surface area contributed by atoms with E-state index < -0.39 is 5.41 Å². The number of halogens is 2. The highest BCUT2D eigenvalue weighted by molar-refractivity contribution is 9.10. The summed E-state index contributed by atoms with van der Waals surface area (Å²) in [4.78, 5) is 0. The normalized spacial score (nSPS) is 14.0. The van der Waals surface area contributed by atoms with Gasteiger partial charge < -0.3 is 4.74 Å². The van der Waals surface area contributed by atoms with Crippen molar-refractivity contribution in [3.05, 3.63) is 165 Å². The lowest BCUT2D eigenvalue weighted by Gasteiger charge is -2.31. The van der Waals surface area contributed by atoms with E-state index in [1.165, 1.54) is 44.5 Å². The molecule has 0 atom stereocenters. The van der Waals surface area contributed by atoms with Crippen LogP contribution >= 0.6 is 15.9 Å². The predicted molar refractivity (Wildman–Crippen MR) is 200 cm³/mol. The van der Waals surface area contributed by atoms with Crippen LogP contribution in [0.4, 0.5) is 4.39 Å². The van der Waals surface area contributed by atoms with Crippen molar-refractivity contribution in [2.75, 3.05) is 0 Å². The van der Waals surface area contributed by atoms with E-state index in [4.69, 9.17) is 4.74 Å². The topological polar surface area (TPSA) is 9.23 Å². The first-order valence-electron chi connectivity index (χ1n) is 16.6. The second-order valence-corrected chi connectivity index (χ2v) is 16.0. The molecular weight excluding hydrogens is 655 g/mol. The molecular formula is C45H38BrFO. The molecule has 2 aliphatic rings. The Hall–Kier alpha value is -4.47. The van der Waals surface area contributed by atoms with E-state index in [0.717, 1.165) is 22.3 Å². The van der Waals surface area contributed by atoms with Crippen LogP contribution in [0.2, 0.25) is 0 Å². The van der Waals surface area contributed by atoms with Crippen molar-refractivity contribution < 1.29 is 9.13 Å². The molecule has 0 saturated heterocycles. The summed E-state index contributed by atoms with van der Waals surface area (Å²) in [6.07, 6.45) is 0. The molecule has 0 bridgehead atoms. The monoisotopic (exact) mass is 692 g/mol. The fraction of sp³-hybridized carbons (Fsp3) is 0.200. The highest BCUT2D eigenvalue weighted by Crippen LogP contribution is 2.65. The van der Waals surface area contributed by atoms with E-state index >= 15 is 4.39 Å². The van der Waals surface area contributed by atoms with Gasteiger partial charge in [0.1, 0.15) is 17.3 Å². The third kappa shape index (κ3) is 4.54. The van der Waals surface area contributed by atoms with Crippen molar-refractivity contribution >= 4 is 15.9 Å². The van der Waals surface area contributed by atoms with Crippen LogP contribution in [0.3, 0.4) is 0 Å². The quantitative estimate of drug-likeness (QED) is 0.179. The molecule has 1 spiro atoms. The van der Waals surface area contributed by atoms with E-state index in [0.29, 0.717) is 16.0 Å². The molecule has 3 heteroatoms. The van der Waals surface area contributed by atoms with E-state index in [1.807, 2.05) is 18.2 Å². The third-order valence-corrected chi connectivity index (χ3v) is 11.0. The second-order valence-electron chi connectivity index (χ2n) is 15.2. The first-order chi connectivity index (χ1) is 22.9. The summed E-state index contributed by atoms with van der Waals surface area (Å²) in [5.74, 6) is 0.803. The Kier molecular flexibility index (Phi) is 6.92. The Morgan fingerprint density at radius 3 is 1.50 bits per heavy atom. The Balaban J connectivity index is 1.35. The van der Waals surface area contributed by atoms with Crippen molar-refractivity contribution in [2.24, 2.45) is 0 Å². The Morgan fingerprint density at radius 1 is 0.521 bits per heavy atom. The molecule has 0 amide bonds. The summed E-state index contributed by atoms with van der Waals surface area (Å²) < 4.78 is 23.2. The fourth-order valence-electron chi connectivity index (χ4n) is 7.79. The van der Waals surface area contributed by atoms with Gasteiger partial charge in [-0.15, -0.1) is 0 Å². The van der Waals surface area contributed by atoms with Crippen LogP contribution < -0.4 is 4.74 Å². The van der Waals surface area contributed by atoms with Crippen LogP contribution in [0, 0.1) is 5.82 Å². The lowest BCUT2D eigenvalue weighted by Crippen LogP contribution is -2.26. The van der Waals surface area contributed by atoms with Crippen molar-refractivity contribution in [2.45, 2.75) is 57.8 Å². The van der Waals surface area contributed by atoms with Gasteiger partial charge in [-0.1, -0.05) is 145 Å². The molecule has 0 unspecified atom stereocenters. The fourth-order valence-corrected chi connectivity index (χ4v) is 8.10. The van der Waals surface area contributed by atoms with Gasteiger partial charge in [-0.05, 0) is 106 Å². The molecule has 8 rings (SSSR count). The van der Waals surface area contributed by atoms with Gasteiger partial charge in [0.2, 0.25) is 0 Å². The van der Waals surface area contributed by atoms with Gasteiger partial charge >= 0.3 is 0 Å². The Morgan fingerprint density at radius 2 is 0.979 bits per heavy atom.